The average molecular weight is 311 g/mol. The molecule has 2 nitrogen and oxygen atoms in total. The summed E-state index contributed by atoms with van der Waals surface area (Å²) in [6, 6.07) is 7.50. The molecule has 0 N–H and O–H groups in total. The van der Waals surface area contributed by atoms with Gasteiger partial charge in [-0.05, 0) is 51.2 Å². The minimum Gasteiger partial charge on any atom is -0.497 e. The number of quaternary nitrogens is 1. The zero-order chi connectivity index (χ0) is 14.3. The van der Waals surface area contributed by atoms with Gasteiger partial charge in [-0.3, -0.25) is 4.48 Å². The largest absolute Gasteiger partial charge is 0.497 e. The van der Waals surface area contributed by atoms with Crippen LogP contribution < -0.4 is 9.22 Å². The van der Waals surface area contributed by atoms with Gasteiger partial charge < -0.3 is 4.74 Å². The Morgan fingerprint density at radius 2 is 2.05 bits per heavy atom. The molecule has 0 radical (unpaired) electrons. The van der Waals surface area contributed by atoms with Gasteiger partial charge in [0.05, 0.1) is 26.2 Å². The fourth-order valence-electron chi connectivity index (χ4n) is 4.64. The summed E-state index contributed by atoms with van der Waals surface area (Å²) in [5.41, 5.74) is 3.09. The Labute approximate surface area is 135 Å². The molecule has 0 aromatic heterocycles. The van der Waals surface area contributed by atoms with E-state index in [1.807, 2.05) is 0 Å². The molecule has 21 heavy (non-hydrogen) atoms. The van der Waals surface area contributed by atoms with Crippen molar-refractivity contribution in [1.29, 1.82) is 0 Å². The molecule has 1 fully saturated rings. The summed E-state index contributed by atoms with van der Waals surface area (Å²) in [5.74, 6) is 2.72. The first-order valence-corrected chi connectivity index (χ1v) is 8.15. The van der Waals surface area contributed by atoms with Crippen molar-refractivity contribution in [1.82, 2.24) is 4.48 Å². The molecule has 0 spiro atoms. The molecule has 1 saturated heterocycles. The lowest BCUT2D eigenvalue weighted by atomic mass is 9.81. The number of benzene rings is 1. The monoisotopic (exact) mass is 310 g/mol. The van der Waals surface area contributed by atoms with E-state index in [2.05, 4.69) is 39.0 Å². The number of rotatable bonds is 2. The third kappa shape index (κ3) is 2.57. The zero-order valence-electron chi connectivity index (χ0n) is 13.8. The molecule has 1 aromatic rings. The minimum atomic E-state index is 0. The SMILES string of the molecule is CC[N+]12CCC(C)CC(Cc3ccc(OC)cc31)C2C.Cl. The maximum atomic E-state index is 5.49. The molecular formula is C18H29ClNO+. The van der Waals surface area contributed by atoms with Crippen molar-refractivity contribution in [2.24, 2.45) is 11.8 Å². The molecule has 0 amide bonds. The maximum absolute atomic E-state index is 5.49. The van der Waals surface area contributed by atoms with E-state index >= 15 is 0 Å². The number of halogens is 1. The predicted octanol–water partition coefficient (Wildman–Crippen LogP) is 4.43. The van der Waals surface area contributed by atoms with Gasteiger partial charge in [0.15, 0.2) is 0 Å². The van der Waals surface area contributed by atoms with Gasteiger partial charge in [0.2, 0.25) is 0 Å². The standard InChI is InChI=1S/C18H28NO.ClH/c1-5-19-9-8-13(2)10-16(14(19)3)11-15-6-7-17(20-4)12-18(15)19;/h6-7,12-14,16H,5,8-11H2,1-4H3;1H/q+1;. The third-order valence-electron chi connectivity index (χ3n) is 6.01. The molecule has 0 saturated carbocycles. The van der Waals surface area contributed by atoms with Crippen LogP contribution in [0.25, 0.3) is 0 Å². The van der Waals surface area contributed by atoms with Gasteiger partial charge in [0.25, 0.3) is 0 Å². The summed E-state index contributed by atoms with van der Waals surface area (Å²) in [6.45, 7) is 9.76. The Bertz CT molecular complexity index is 504. The van der Waals surface area contributed by atoms with Crippen molar-refractivity contribution in [3.63, 3.8) is 0 Å². The third-order valence-corrected chi connectivity index (χ3v) is 6.01. The van der Waals surface area contributed by atoms with E-state index < -0.39 is 0 Å². The highest BCUT2D eigenvalue weighted by molar-refractivity contribution is 5.85. The van der Waals surface area contributed by atoms with Gasteiger partial charge in [-0.2, -0.15) is 0 Å². The van der Waals surface area contributed by atoms with Gasteiger partial charge >= 0.3 is 0 Å². The van der Waals surface area contributed by atoms with Crippen LogP contribution in [0.2, 0.25) is 0 Å². The van der Waals surface area contributed by atoms with E-state index in [-0.39, 0.29) is 12.4 Å². The first-order valence-electron chi connectivity index (χ1n) is 8.15. The molecule has 3 rings (SSSR count). The minimum absolute atomic E-state index is 0. The van der Waals surface area contributed by atoms with E-state index in [0.717, 1.165) is 23.6 Å². The Hall–Kier alpha value is -0.730. The summed E-state index contributed by atoms with van der Waals surface area (Å²) in [6.07, 6.45) is 4.00. The van der Waals surface area contributed by atoms with Crippen LogP contribution >= 0.6 is 12.4 Å². The summed E-state index contributed by atoms with van der Waals surface area (Å²) < 4.78 is 6.65. The summed E-state index contributed by atoms with van der Waals surface area (Å²) >= 11 is 0. The Kier molecular flexibility index (Phi) is 4.89. The fraction of sp³-hybridized carbons (Fsp3) is 0.667. The molecule has 2 heterocycles. The van der Waals surface area contributed by atoms with E-state index in [9.17, 15) is 0 Å². The lowest BCUT2D eigenvalue weighted by Gasteiger charge is -2.48. The van der Waals surface area contributed by atoms with E-state index in [4.69, 9.17) is 4.74 Å². The van der Waals surface area contributed by atoms with Crippen molar-refractivity contribution < 1.29 is 4.74 Å². The van der Waals surface area contributed by atoms with Crippen LogP contribution in [0, 0.1) is 11.8 Å². The van der Waals surface area contributed by atoms with E-state index in [1.54, 1.807) is 12.7 Å². The molecule has 0 aliphatic carbocycles. The van der Waals surface area contributed by atoms with Crippen LogP contribution in [0.5, 0.6) is 5.75 Å². The van der Waals surface area contributed by atoms with Crippen molar-refractivity contribution in [3.8, 4) is 5.75 Å². The first-order chi connectivity index (χ1) is 9.60. The summed E-state index contributed by atoms with van der Waals surface area (Å²) in [4.78, 5) is 0. The molecule has 3 heteroatoms. The highest BCUT2D eigenvalue weighted by Crippen LogP contribution is 2.46. The number of hydrogen-bond donors (Lipinski definition) is 0. The summed E-state index contributed by atoms with van der Waals surface area (Å²) in [7, 11) is 1.78. The summed E-state index contributed by atoms with van der Waals surface area (Å²) in [5, 5.41) is 0. The second-order valence-electron chi connectivity index (χ2n) is 6.90. The van der Waals surface area contributed by atoms with Crippen LogP contribution in [0.1, 0.15) is 39.2 Å². The number of ether oxygens (including phenoxy) is 1. The second kappa shape index (κ2) is 6.18. The molecule has 2 bridgehead atoms. The molecule has 4 atom stereocenters. The Balaban J connectivity index is 0.00000161. The number of hydrogen-bond acceptors (Lipinski definition) is 1. The molecular weight excluding hydrogens is 282 g/mol. The van der Waals surface area contributed by atoms with Gasteiger partial charge in [0, 0.05) is 17.5 Å². The van der Waals surface area contributed by atoms with Crippen molar-refractivity contribution in [2.45, 2.75) is 46.1 Å². The molecule has 1 aromatic carbocycles. The van der Waals surface area contributed by atoms with E-state index in [1.165, 1.54) is 42.5 Å². The van der Waals surface area contributed by atoms with Gasteiger partial charge in [-0.15, -0.1) is 12.4 Å². The van der Waals surface area contributed by atoms with Crippen LogP contribution in [0.4, 0.5) is 5.69 Å². The Morgan fingerprint density at radius 3 is 2.71 bits per heavy atom. The number of nitrogens with zero attached hydrogens (tertiary/aromatic N) is 1. The van der Waals surface area contributed by atoms with E-state index in [0.29, 0.717) is 0 Å². The number of methoxy groups -OCH3 is 1. The zero-order valence-corrected chi connectivity index (χ0v) is 14.6. The van der Waals surface area contributed by atoms with Crippen LogP contribution in [-0.2, 0) is 6.42 Å². The normalized spacial score (nSPS) is 34.4. The highest BCUT2D eigenvalue weighted by Gasteiger charge is 2.47. The molecule has 118 valence electrons. The molecule has 2 aliphatic heterocycles. The van der Waals surface area contributed by atoms with Crippen LogP contribution in [0.3, 0.4) is 0 Å². The predicted molar refractivity (Wildman–Crippen MR) is 92.5 cm³/mol. The molecule has 2 aliphatic rings. The second-order valence-corrected chi connectivity index (χ2v) is 6.90. The average Bonchev–Trinajstić information content (AvgIpc) is 2.54. The fourth-order valence-corrected chi connectivity index (χ4v) is 4.64. The van der Waals surface area contributed by atoms with Gasteiger partial charge in [-0.25, -0.2) is 0 Å². The molecule has 4 unspecified atom stereocenters. The maximum Gasteiger partial charge on any atom is 0.140 e. The lowest BCUT2D eigenvalue weighted by molar-refractivity contribution is 0.161. The van der Waals surface area contributed by atoms with Crippen LogP contribution in [0.15, 0.2) is 18.2 Å². The topological polar surface area (TPSA) is 9.23 Å². The smallest absolute Gasteiger partial charge is 0.140 e. The van der Waals surface area contributed by atoms with Crippen molar-refractivity contribution in [3.05, 3.63) is 23.8 Å². The first kappa shape index (κ1) is 16.6. The van der Waals surface area contributed by atoms with Crippen molar-refractivity contribution >= 4 is 18.1 Å². The highest BCUT2D eigenvalue weighted by atomic mass is 35.5. The van der Waals surface area contributed by atoms with Gasteiger partial charge in [-0.1, -0.05) is 6.92 Å². The lowest BCUT2D eigenvalue weighted by Crippen LogP contribution is -2.60. The Morgan fingerprint density at radius 1 is 1.29 bits per heavy atom. The number of fused-ring (bicyclic) bond motifs is 4. The quantitative estimate of drug-likeness (QED) is 0.734. The van der Waals surface area contributed by atoms with Crippen molar-refractivity contribution in [2.75, 3.05) is 20.2 Å². The van der Waals surface area contributed by atoms with Crippen LogP contribution in [-0.4, -0.2) is 26.2 Å². The van der Waals surface area contributed by atoms with Gasteiger partial charge in [0.1, 0.15) is 11.4 Å².